The van der Waals surface area contributed by atoms with E-state index in [1.807, 2.05) is 31.2 Å². The Morgan fingerprint density at radius 1 is 1.03 bits per heavy atom. The molecule has 2 amide bonds. The topological polar surface area (TPSA) is 55.8 Å². The summed E-state index contributed by atoms with van der Waals surface area (Å²) in [6.45, 7) is 2.35. The number of amides is 2. The minimum absolute atomic E-state index is 0.270. The average Bonchev–Trinajstić information content (AvgIpc) is 3.06. The van der Waals surface area contributed by atoms with E-state index in [1.54, 1.807) is 42.5 Å². The fraction of sp³-hybridized carbons (Fsp3) is 0.120. The third-order valence-corrected chi connectivity index (χ3v) is 6.30. The summed E-state index contributed by atoms with van der Waals surface area (Å²) in [5.41, 5.74) is 3.19. The number of anilines is 1. The molecule has 1 fully saturated rings. The van der Waals surface area contributed by atoms with Crippen molar-refractivity contribution in [1.82, 2.24) is 0 Å². The molecule has 3 aromatic rings. The summed E-state index contributed by atoms with van der Waals surface area (Å²) in [5.74, 6) is 0.404. The van der Waals surface area contributed by atoms with Crippen LogP contribution in [0.15, 0.2) is 65.6 Å². The van der Waals surface area contributed by atoms with Crippen molar-refractivity contribution in [1.29, 1.82) is 0 Å². The van der Waals surface area contributed by atoms with Crippen molar-refractivity contribution in [2.75, 3.05) is 12.0 Å². The van der Waals surface area contributed by atoms with Crippen LogP contribution in [0.3, 0.4) is 0 Å². The van der Waals surface area contributed by atoms with Crippen molar-refractivity contribution < 1.29 is 19.1 Å². The molecule has 1 heterocycles. The molecular formula is C25H19Cl2NO4S. The Morgan fingerprint density at radius 2 is 1.79 bits per heavy atom. The van der Waals surface area contributed by atoms with Gasteiger partial charge in [-0.1, -0.05) is 59.1 Å². The zero-order chi connectivity index (χ0) is 23.5. The van der Waals surface area contributed by atoms with Crippen LogP contribution in [-0.2, 0) is 11.4 Å². The first-order valence-corrected chi connectivity index (χ1v) is 11.5. The van der Waals surface area contributed by atoms with Crippen molar-refractivity contribution >= 4 is 57.9 Å². The van der Waals surface area contributed by atoms with Crippen LogP contribution in [-0.4, -0.2) is 18.3 Å². The van der Waals surface area contributed by atoms with Crippen LogP contribution in [0.25, 0.3) is 6.08 Å². The number of benzene rings is 3. The van der Waals surface area contributed by atoms with Gasteiger partial charge in [-0.3, -0.25) is 9.59 Å². The fourth-order valence-corrected chi connectivity index (χ4v) is 4.56. The van der Waals surface area contributed by atoms with Gasteiger partial charge in [-0.05, 0) is 66.2 Å². The maximum atomic E-state index is 12.9. The third kappa shape index (κ3) is 5.19. The van der Waals surface area contributed by atoms with Crippen molar-refractivity contribution in [2.45, 2.75) is 13.5 Å². The first kappa shape index (κ1) is 23.2. The van der Waals surface area contributed by atoms with E-state index in [-0.39, 0.29) is 4.91 Å². The highest BCUT2D eigenvalue weighted by Crippen LogP contribution is 2.40. The largest absolute Gasteiger partial charge is 0.493 e. The summed E-state index contributed by atoms with van der Waals surface area (Å²) in [4.78, 5) is 26.8. The van der Waals surface area contributed by atoms with Gasteiger partial charge in [-0.15, -0.1) is 0 Å². The zero-order valence-corrected chi connectivity index (χ0v) is 20.1. The molecule has 33 heavy (non-hydrogen) atoms. The number of aryl methyl sites for hydroxylation is 1. The fourth-order valence-electron chi connectivity index (χ4n) is 3.26. The van der Waals surface area contributed by atoms with Crippen molar-refractivity contribution in [3.63, 3.8) is 0 Å². The van der Waals surface area contributed by atoms with Gasteiger partial charge in [0, 0.05) is 5.02 Å². The number of carbonyl (C=O) groups excluding carboxylic acids is 2. The molecular weight excluding hydrogens is 481 g/mol. The second kappa shape index (κ2) is 9.91. The van der Waals surface area contributed by atoms with Gasteiger partial charge in [0.2, 0.25) is 0 Å². The third-order valence-electron chi connectivity index (χ3n) is 4.91. The van der Waals surface area contributed by atoms with Crippen LogP contribution < -0.4 is 14.4 Å². The number of hydrogen-bond acceptors (Lipinski definition) is 5. The van der Waals surface area contributed by atoms with Gasteiger partial charge < -0.3 is 9.47 Å². The zero-order valence-electron chi connectivity index (χ0n) is 17.8. The molecule has 0 spiro atoms. The van der Waals surface area contributed by atoms with Crippen LogP contribution in [0.5, 0.6) is 11.5 Å². The first-order valence-electron chi connectivity index (χ1n) is 9.95. The van der Waals surface area contributed by atoms with Crippen molar-refractivity contribution in [3.8, 4) is 11.5 Å². The Bertz CT molecular complexity index is 1260. The predicted molar refractivity (Wildman–Crippen MR) is 133 cm³/mol. The minimum atomic E-state index is -0.429. The van der Waals surface area contributed by atoms with Crippen molar-refractivity contribution in [2.24, 2.45) is 0 Å². The lowest BCUT2D eigenvalue weighted by Gasteiger charge is -2.14. The van der Waals surface area contributed by atoms with Gasteiger partial charge in [-0.25, -0.2) is 4.90 Å². The molecule has 1 saturated heterocycles. The first-order chi connectivity index (χ1) is 15.9. The van der Waals surface area contributed by atoms with Crippen LogP contribution >= 0.6 is 35.0 Å². The quantitative estimate of drug-likeness (QED) is 0.337. The lowest BCUT2D eigenvalue weighted by molar-refractivity contribution is -0.113. The highest BCUT2D eigenvalue weighted by molar-refractivity contribution is 8.19. The van der Waals surface area contributed by atoms with Crippen LogP contribution in [0.2, 0.25) is 10.0 Å². The molecule has 168 valence electrons. The maximum absolute atomic E-state index is 12.9. The number of imide groups is 1. The summed E-state index contributed by atoms with van der Waals surface area (Å²) in [6.07, 6.45) is 1.60. The summed E-state index contributed by atoms with van der Waals surface area (Å²) < 4.78 is 11.4. The van der Waals surface area contributed by atoms with Crippen LogP contribution in [0.4, 0.5) is 10.5 Å². The molecule has 0 bridgehead atoms. The molecule has 4 rings (SSSR count). The lowest BCUT2D eigenvalue weighted by Crippen LogP contribution is -2.27. The molecule has 0 aromatic heterocycles. The van der Waals surface area contributed by atoms with Gasteiger partial charge in [0.1, 0.15) is 6.61 Å². The van der Waals surface area contributed by atoms with Gasteiger partial charge in [0.25, 0.3) is 11.1 Å². The number of halogens is 2. The standard InChI is InChI=1S/C25H19Cl2NO4S/c1-15-6-8-16(9-7-15)14-32-23-20(27)10-17(11-21(23)31-2)12-22-24(29)28(25(30)33-22)19-5-3-4-18(26)13-19/h3-13H,14H2,1-2H3/b22-12+. The Kier molecular flexibility index (Phi) is 6.98. The smallest absolute Gasteiger partial charge is 0.298 e. The molecule has 0 N–H and O–H groups in total. The normalized spacial score (nSPS) is 14.8. The van der Waals surface area contributed by atoms with Crippen LogP contribution in [0.1, 0.15) is 16.7 Å². The minimum Gasteiger partial charge on any atom is -0.493 e. The van der Waals surface area contributed by atoms with Crippen LogP contribution in [0, 0.1) is 6.92 Å². The number of methoxy groups -OCH3 is 1. The van der Waals surface area contributed by atoms with E-state index in [4.69, 9.17) is 32.7 Å². The molecule has 3 aromatic carbocycles. The summed E-state index contributed by atoms with van der Waals surface area (Å²) >= 11 is 13.3. The van der Waals surface area contributed by atoms with Gasteiger partial charge in [0.15, 0.2) is 11.5 Å². The highest BCUT2D eigenvalue weighted by atomic mass is 35.5. The van der Waals surface area contributed by atoms with Crippen molar-refractivity contribution in [3.05, 3.63) is 92.3 Å². The Hall–Kier alpha value is -2.93. The number of rotatable bonds is 6. The molecule has 5 nitrogen and oxygen atoms in total. The number of thioether (sulfide) groups is 1. The predicted octanol–water partition coefficient (Wildman–Crippen LogP) is 7.13. The molecule has 0 unspecified atom stereocenters. The number of nitrogens with zero attached hydrogens (tertiary/aromatic N) is 1. The second-order valence-electron chi connectivity index (χ2n) is 7.31. The second-order valence-corrected chi connectivity index (χ2v) is 9.14. The number of carbonyl (C=O) groups is 2. The van der Waals surface area contributed by atoms with E-state index in [0.29, 0.717) is 39.4 Å². The molecule has 0 aliphatic carbocycles. The monoisotopic (exact) mass is 499 g/mol. The molecule has 8 heteroatoms. The molecule has 0 radical (unpaired) electrons. The van der Waals surface area contributed by atoms with E-state index >= 15 is 0 Å². The number of hydrogen-bond donors (Lipinski definition) is 0. The van der Waals surface area contributed by atoms with E-state index in [1.165, 1.54) is 12.7 Å². The average molecular weight is 500 g/mol. The summed E-state index contributed by atoms with van der Waals surface area (Å²) in [7, 11) is 1.52. The molecule has 1 aliphatic heterocycles. The van der Waals surface area contributed by atoms with E-state index < -0.39 is 11.1 Å². The van der Waals surface area contributed by atoms with E-state index in [2.05, 4.69) is 0 Å². The molecule has 1 aliphatic rings. The number of ether oxygens (including phenoxy) is 2. The Labute approximate surface area is 205 Å². The summed E-state index contributed by atoms with van der Waals surface area (Å²) in [5, 5.41) is 0.375. The Morgan fingerprint density at radius 3 is 2.48 bits per heavy atom. The maximum Gasteiger partial charge on any atom is 0.298 e. The molecule has 0 atom stereocenters. The van der Waals surface area contributed by atoms with E-state index in [0.717, 1.165) is 22.2 Å². The Balaban J connectivity index is 1.58. The van der Waals surface area contributed by atoms with Gasteiger partial charge in [0.05, 0.1) is 22.7 Å². The summed E-state index contributed by atoms with van der Waals surface area (Å²) in [6, 6.07) is 18.0. The molecule has 0 saturated carbocycles. The van der Waals surface area contributed by atoms with Gasteiger partial charge >= 0.3 is 0 Å². The lowest BCUT2D eigenvalue weighted by atomic mass is 10.1. The van der Waals surface area contributed by atoms with Gasteiger partial charge in [-0.2, -0.15) is 0 Å². The highest BCUT2D eigenvalue weighted by Gasteiger charge is 2.36. The SMILES string of the molecule is COc1cc(/C=C2/SC(=O)N(c3cccc(Cl)c3)C2=O)cc(Cl)c1OCc1ccc(C)cc1. The van der Waals surface area contributed by atoms with E-state index in [9.17, 15) is 9.59 Å².